The van der Waals surface area contributed by atoms with Crippen LogP contribution in [0.5, 0.6) is 0 Å². The van der Waals surface area contributed by atoms with Gasteiger partial charge in [-0.2, -0.15) is 0 Å². The zero-order valence-electron chi connectivity index (χ0n) is 10.8. The van der Waals surface area contributed by atoms with E-state index in [1.54, 1.807) is 7.05 Å². The third-order valence-corrected chi connectivity index (χ3v) is 3.81. The third kappa shape index (κ3) is 3.52. The van der Waals surface area contributed by atoms with E-state index < -0.39 is 23.5 Å². The zero-order valence-corrected chi connectivity index (χ0v) is 12.9. The van der Waals surface area contributed by atoms with Crippen LogP contribution in [-0.2, 0) is 6.42 Å². The highest BCUT2D eigenvalue weighted by Crippen LogP contribution is 2.25. The Morgan fingerprint density at radius 3 is 2.10 bits per heavy atom. The van der Waals surface area contributed by atoms with Gasteiger partial charge in [-0.15, -0.1) is 0 Å². The molecule has 2 aromatic rings. The van der Waals surface area contributed by atoms with Crippen LogP contribution in [0.4, 0.5) is 13.2 Å². The molecule has 0 heterocycles. The van der Waals surface area contributed by atoms with Crippen molar-refractivity contribution >= 4 is 22.6 Å². The van der Waals surface area contributed by atoms with Gasteiger partial charge in [0.05, 0.1) is 0 Å². The Kier molecular flexibility index (Phi) is 5.04. The van der Waals surface area contributed by atoms with Crippen molar-refractivity contribution in [3.63, 3.8) is 0 Å². The Morgan fingerprint density at radius 2 is 1.60 bits per heavy atom. The summed E-state index contributed by atoms with van der Waals surface area (Å²) in [5, 5.41) is 2.88. The standard InChI is InChI=1S/C15H13F3IN/c1-20-14(6-9-2-4-11(19)5-3-9)15-12(17)7-10(16)8-13(15)18/h2-5,7-8,14,20H,6H2,1H3. The van der Waals surface area contributed by atoms with E-state index in [0.717, 1.165) is 9.13 Å². The van der Waals surface area contributed by atoms with Crippen LogP contribution in [0.15, 0.2) is 36.4 Å². The van der Waals surface area contributed by atoms with Crippen LogP contribution in [0.1, 0.15) is 17.2 Å². The molecule has 0 fully saturated rings. The minimum Gasteiger partial charge on any atom is -0.313 e. The molecule has 1 atom stereocenters. The largest absolute Gasteiger partial charge is 0.313 e. The number of rotatable bonds is 4. The van der Waals surface area contributed by atoms with Gasteiger partial charge in [0.25, 0.3) is 0 Å². The minimum absolute atomic E-state index is 0.132. The molecule has 0 aliphatic rings. The predicted molar refractivity (Wildman–Crippen MR) is 81.0 cm³/mol. The van der Waals surface area contributed by atoms with E-state index in [1.165, 1.54) is 0 Å². The van der Waals surface area contributed by atoms with E-state index in [-0.39, 0.29) is 5.56 Å². The summed E-state index contributed by atoms with van der Waals surface area (Å²) in [5.74, 6) is -2.65. The highest BCUT2D eigenvalue weighted by atomic mass is 127. The summed E-state index contributed by atoms with van der Waals surface area (Å²) in [7, 11) is 1.62. The highest BCUT2D eigenvalue weighted by molar-refractivity contribution is 14.1. The number of hydrogen-bond donors (Lipinski definition) is 1. The number of nitrogens with one attached hydrogen (secondary N) is 1. The van der Waals surface area contributed by atoms with Crippen molar-refractivity contribution in [3.8, 4) is 0 Å². The lowest BCUT2D eigenvalue weighted by molar-refractivity contribution is 0.475. The Balaban J connectivity index is 2.31. The van der Waals surface area contributed by atoms with Crippen LogP contribution in [0.2, 0.25) is 0 Å². The molecule has 1 nitrogen and oxygen atoms in total. The Bertz CT molecular complexity index is 576. The molecule has 106 valence electrons. The van der Waals surface area contributed by atoms with Crippen molar-refractivity contribution in [2.24, 2.45) is 0 Å². The molecule has 0 spiro atoms. The molecule has 1 unspecified atom stereocenters. The van der Waals surface area contributed by atoms with Crippen LogP contribution >= 0.6 is 22.6 Å². The van der Waals surface area contributed by atoms with Crippen LogP contribution in [0.25, 0.3) is 0 Å². The Morgan fingerprint density at radius 1 is 1.05 bits per heavy atom. The molecule has 2 aromatic carbocycles. The monoisotopic (exact) mass is 391 g/mol. The first-order valence-corrected chi connectivity index (χ1v) is 7.15. The van der Waals surface area contributed by atoms with E-state index in [9.17, 15) is 13.2 Å². The first-order valence-electron chi connectivity index (χ1n) is 6.07. The molecular formula is C15H13F3IN. The molecule has 5 heteroatoms. The van der Waals surface area contributed by atoms with Crippen LogP contribution in [0, 0.1) is 21.0 Å². The lowest BCUT2D eigenvalue weighted by Crippen LogP contribution is -2.21. The van der Waals surface area contributed by atoms with Gasteiger partial charge in [-0.05, 0) is 53.8 Å². The molecule has 0 saturated carbocycles. The highest BCUT2D eigenvalue weighted by Gasteiger charge is 2.20. The van der Waals surface area contributed by atoms with E-state index >= 15 is 0 Å². The summed E-state index contributed by atoms with van der Waals surface area (Å²) < 4.78 is 41.6. The second-order valence-corrected chi connectivity index (χ2v) is 5.70. The van der Waals surface area contributed by atoms with Gasteiger partial charge in [0.1, 0.15) is 17.5 Å². The number of likely N-dealkylation sites (N-methyl/N-ethyl adjacent to an activating group) is 1. The van der Waals surface area contributed by atoms with E-state index in [0.29, 0.717) is 18.6 Å². The lowest BCUT2D eigenvalue weighted by atomic mass is 9.98. The molecule has 0 amide bonds. The maximum atomic E-state index is 13.8. The van der Waals surface area contributed by atoms with Crippen molar-refractivity contribution in [2.75, 3.05) is 7.05 Å². The lowest BCUT2D eigenvalue weighted by Gasteiger charge is -2.18. The first-order chi connectivity index (χ1) is 9.51. The van der Waals surface area contributed by atoms with Gasteiger partial charge in [-0.3, -0.25) is 0 Å². The summed E-state index contributed by atoms with van der Waals surface area (Å²) in [6.45, 7) is 0. The van der Waals surface area contributed by atoms with E-state index in [1.807, 2.05) is 24.3 Å². The van der Waals surface area contributed by atoms with Crippen molar-refractivity contribution in [2.45, 2.75) is 12.5 Å². The fourth-order valence-corrected chi connectivity index (χ4v) is 2.45. The summed E-state index contributed by atoms with van der Waals surface area (Å²) in [4.78, 5) is 0. The third-order valence-electron chi connectivity index (χ3n) is 3.09. The zero-order chi connectivity index (χ0) is 14.7. The fraction of sp³-hybridized carbons (Fsp3) is 0.200. The summed E-state index contributed by atoms with van der Waals surface area (Å²) in [6.07, 6.45) is 0.424. The number of halogens is 4. The molecule has 20 heavy (non-hydrogen) atoms. The minimum atomic E-state index is -0.909. The average molecular weight is 391 g/mol. The molecule has 0 saturated heterocycles. The smallest absolute Gasteiger partial charge is 0.133 e. The predicted octanol–water partition coefficient (Wildman–Crippen LogP) is 4.21. The van der Waals surface area contributed by atoms with Gasteiger partial charge in [-0.1, -0.05) is 12.1 Å². The van der Waals surface area contributed by atoms with Crippen molar-refractivity contribution in [1.82, 2.24) is 5.32 Å². The topological polar surface area (TPSA) is 12.0 Å². The maximum Gasteiger partial charge on any atom is 0.133 e. The SMILES string of the molecule is CNC(Cc1ccc(I)cc1)c1c(F)cc(F)cc1F. The van der Waals surface area contributed by atoms with Crippen molar-refractivity contribution < 1.29 is 13.2 Å². The van der Waals surface area contributed by atoms with E-state index in [2.05, 4.69) is 27.9 Å². The van der Waals surface area contributed by atoms with Gasteiger partial charge < -0.3 is 5.32 Å². The summed E-state index contributed by atoms with van der Waals surface area (Å²) in [6, 6.07) is 8.54. The molecule has 0 aromatic heterocycles. The second-order valence-electron chi connectivity index (χ2n) is 4.45. The molecule has 0 bridgehead atoms. The normalized spacial score (nSPS) is 12.4. The summed E-state index contributed by atoms with van der Waals surface area (Å²) >= 11 is 2.19. The molecule has 0 aliphatic carbocycles. The Hall–Kier alpha value is -1.08. The van der Waals surface area contributed by atoms with E-state index in [4.69, 9.17) is 0 Å². The number of benzene rings is 2. The molecule has 1 N–H and O–H groups in total. The number of hydrogen-bond acceptors (Lipinski definition) is 1. The van der Waals surface area contributed by atoms with Gasteiger partial charge in [-0.25, -0.2) is 13.2 Å². The van der Waals surface area contributed by atoms with Crippen LogP contribution in [-0.4, -0.2) is 7.05 Å². The van der Waals surface area contributed by atoms with Gasteiger partial charge in [0.15, 0.2) is 0 Å². The quantitative estimate of drug-likeness (QED) is 0.771. The van der Waals surface area contributed by atoms with Crippen LogP contribution in [0.3, 0.4) is 0 Å². The van der Waals surface area contributed by atoms with Crippen LogP contribution < -0.4 is 5.32 Å². The molecule has 0 aliphatic heterocycles. The Labute approximate surface area is 129 Å². The maximum absolute atomic E-state index is 13.8. The first kappa shape index (κ1) is 15.3. The van der Waals surface area contributed by atoms with Gasteiger partial charge >= 0.3 is 0 Å². The van der Waals surface area contributed by atoms with Crippen molar-refractivity contribution in [3.05, 3.63) is 68.5 Å². The molecular weight excluding hydrogens is 378 g/mol. The van der Waals surface area contributed by atoms with Crippen molar-refractivity contribution in [1.29, 1.82) is 0 Å². The fourth-order valence-electron chi connectivity index (χ4n) is 2.09. The average Bonchev–Trinajstić information content (AvgIpc) is 2.38. The second kappa shape index (κ2) is 6.58. The molecule has 0 radical (unpaired) electrons. The van der Waals surface area contributed by atoms with Gasteiger partial charge in [0.2, 0.25) is 0 Å². The van der Waals surface area contributed by atoms with Gasteiger partial charge in [0, 0.05) is 27.3 Å². The molecule has 2 rings (SSSR count). The summed E-state index contributed by atoms with van der Waals surface area (Å²) in [5.41, 5.74) is 0.820.